The van der Waals surface area contributed by atoms with Gasteiger partial charge >= 0.3 is 0 Å². The quantitative estimate of drug-likeness (QED) is 0.362. The van der Waals surface area contributed by atoms with Crippen LogP contribution in [0.4, 0.5) is 10.1 Å². The number of hydrogen-bond acceptors (Lipinski definition) is 4. The van der Waals surface area contributed by atoms with Crippen LogP contribution in [0.3, 0.4) is 0 Å². The number of nitrogens with zero attached hydrogens (tertiary/aromatic N) is 2. The van der Waals surface area contributed by atoms with Crippen LogP contribution in [0.2, 0.25) is 0 Å². The molecule has 1 atom stereocenters. The topological polar surface area (TPSA) is 86.8 Å². The van der Waals surface area contributed by atoms with Crippen LogP contribution in [0.25, 0.3) is 0 Å². The average molecular weight is 554 g/mol. The average Bonchev–Trinajstić information content (AvgIpc) is 2.91. The van der Waals surface area contributed by atoms with Crippen LogP contribution in [-0.4, -0.2) is 44.3 Å². The van der Waals surface area contributed by atoms with Crippen LogP contribution in [0.5, 0.6) is 0 Å². The van der Waals surface area contributed by atoms with Crippen molar-refractivity contribution in [2.24, 2.45) is 0 Å². The summed E-state index contributed by atoms with van der Waals surface area (Å²) in [6.07, 6.45) is 0. The summed E-state index contributed by atoms with van der Waals surface area (Å²) in [6, 6.07) is 18.2. The van der Waals surface area contributed by atoms with Gasteiger partial charge in [-0.1, -0.05) is 55.8 Å². The van der Waals surface area contributed by atoms with Gasteiger partial charge < -0.3 is 10.2 Å². The number of anilines is 1. The summed E-state index contributed by atoms with van der Waals surface area (Å²) in [7, 11) is -4.13. The summed E-state index contributed by atoms with van der Waals surface area (Å²) in [5, 5.41) is 2.71. The highest BCUT2D eigenvalue weighted by Crippen LogP contribution is 2.27. The van der Waals surface area contributed by atoms with Crippen molar-refractivity contribution in [3.05, 3.63) is 95.3 Å². The van der Waals surface area contributed by atoms with Crippen molar-refractivity contribution in [3.63, 3.8) is 0 Å². The minimum absolute atomic E-state index is 0.00210. The number of sulfonamides is 1. The van der Waals surface area contributed by atoms with E-state index in [2.05, 4.69) is 5.32 Å². The third-order valence-corrected chi connectivity index (χ3v) is 8.31. The molecule has 0 heterocycles. The van der Waals surface area contributed by atoms with Gasteiger partial charge in [-0.05, 0) is 74.2 Å². The summed E-state index contributed by atoms with van der Waals surface area (Å²) in [4.78, 5) is 27.9. The zero-order chi connectivity index (χ0) is 28.7. The van der Waals surface area contributed by atoms with E-state index in [0.29, 0.717) is 17.8 Å². The van der Waals surface area contributed by atoms with E-state index < -0.39 is 34.3 Å². The molecule has 7 nitrogen and oxygen atoms in total. The van der Waals surface area contributed by atoms with Gasteiger partial charge in [-0.15, -0.1) is 0 Å². The normalized spacial score (nSPS) is 12.2. The van der Waals surface area contributed by atoms with Crippen molar-refractivity contribution in [1.82, 2.24) is 10.2 Å². The molecule has 0 saturated heterocycles. The molecule has 0 aliphatic rings. The summed E-state index contributed by atoms with van der Waals surface area (Å²) >= 11 is 0. The van der Waals surface area contributed by atoms with E-state index in [9.17, 15) is 22.4 Å². The first-order valence-corrected chi connectivity index (χ1v) is 14.4. The highest BCUT2D eigenvalue weighted by atomic mass is 32.2. The van der Waals surface area contributed by atoms with Crippen LogP contribution >= 0.6 is 0 Å². The number of halogens is 1. The number of rotatable bonds is 11. The first-order chi connectivity index (χ1) is 18.4. The second kappa shape index (κ2) is 12.9. The molecule has 39 heavy (non-hydrogen) atoms. The summed E-state index contributed by atoms with van der Waals surface area (Å²) < 4.78 is 42.3. The highest BCUT2D eigenvalue weighted by molar-refractivity contribution is 7.92. The van der Waals surface area contributed by atoms with Gasteiger partial charge in [-0.3, -0.25) is 13.9 Å². The van der Waals surface area contributed by atoms with E-state index in [4.69, 9.17) is 0 Å². The first kappa shape index (κ1) is 29.8. The molecule has 0 spiro atoms. The lowest BCUT2D eigenvalue weighted by Crippen LogP contribution is -2.51. The smallest absolute Gasteiger partial charge is 0.264 e. The fourth-order valence-corrected chi connectivity index (χ4v) is 5.50. The summed E-state index contributed by atoms with van der Waals surface area (Å²) in [5.74, 6) is -1.12. The minimum atomic E-state index is -4.13. The van der Waals surface area contributed by atoms with Gasteiger partial charge in [-0.25, -0.2) is 12.8 Å². The number of likely N-dealkylation sites (N-methyl/N-ethyl adjacent to an activating group) is 1. The molecular formula is C30H36FN3O4S. The standard InChI is InChI=1S/C30H36FN3O4S/c1-6-32-30(36)23(5)33(19-24-9-13-26(31)14-10-24)29(35)20-34(27-15-11-25(12-16-27)21(2)3)39(37,38)28-17-7-22(4)8-18-28/h7-18,21,23H,6,19-20H2,1-5H3,(H,32,36). The molecule has 2 amide bonds. The Morgan fingerprint density at radius 2 is 1.49 bits per heavy atom. The fraction of sp³-hybridized carbons (Fsp3) is 0.333. The molecule has 0 aromatic heterocycles. The molecule has 0 bridgehead atoms. The Bertz CT molecular complexity index is 1370. The second-order valence-corrected chi connectivity index (χ2v) is 11.7. The van der Waals surface area contributed by atoms with Gasteiger partial charge in [0.05, 0.1) is 10.6 Å². The molecule has 3 rings (SSSR count). The Kier molecular flexibility index (Phi) is 9.86. The predicted octanol–water partition coefficient (Wildman–Crippen LogP) is 5.01. The molecule has 0 aliphatic heterocycles. The number of carbonyl (C=O) groups excluding carboxylic acids is 2. The van der Waals surface area contributed by atoms with E-state index in [1.54, 1.807) is 38.1 Å². The molecule has 0 saturated carbocycles. The van der Waals surface area contributed by atoms with E-state index in [0.717, 1.165) is 15.4 Å². The molecule has 0 radical (unpaired) electrons. The van der Waals surface area contributed by atoms with Crippen LogP contribution < -0.4 is 9.62 Å². The Labute approximate surface area is 230 Å². The maximum absolute atomic E-state index is 13.9. The van der Waals surface area contributed by atoms with Crippen molar-refractivity contribution in [2.75, 3.05) is 17.4 Å². The van der Waals surface area contributed by atoms with Crippen LogP contribution in [0.15, 0.2) is 77.7 Å². The lowest BCUT2D eigenvalue weighted by molar-refractivity contribution is -0.139. The van der Waals surface area contributed by atoms with Crippen molar-refractivity contribution >= 4 is 27.5 Å². The second-order valence-electron chi connectivity index (χ2n) is 9.79. The highest BCUT2D eigenvalue weighted by Gasteiger charge is 2.32. The van der Waals surface area contributed by atoms with Gasteiger partial charge in [0.1, 0.15) is 18.4 Å². The largest absolute Gasteiger partial charge is 0.355 e. The number of hydrogen-bond donors (Lipinski definition) is 1. The van der Waals surface area contributed by atoms with Gasteiger partial charge in [0, 0.05) is 13.1 Å². The molecule has 1 N–H and O–H groups in total. The predicted molar refractivity (Wildman–Crippen MR) is 151 cm³/mol. The Morgan fingerprint density at radius 3 is 2.03 bits per heavy atom. The van der Waals surface area contributed by atoms with Gasteiger partial charge in [-0.2, -0.15) is 0 Å². The minimum Gasteiger partial charge on any atom is -0.355 e. The summed E-state index contributed by atoms with van der Waals surface area (Å²) in [5.41, 5.74) is 2.87. The molecule has 3 aromatic carbocycles. The third-order valence-electron chi connectivity index (χ3n) is 6.52. The molecular weight excluding hydrogens is 517 g/mol. The molecule has 3 aromatic rings. The Hall–Kier alpha value is -3.72. The Morgan fingerprint density at radius 1 is 0.897 bits per heavy atom. The van der Waals surface area contributed by atoms with Crippen molar-refractivity contribution in [3.8, 4) is 0 Å². The van der Waals surface area contributed by atoms with Crippen LogP contribution in [-0.2, 0) is 26.2 Å². The van der Waals surface area contributed by atoms with Gasteiger partial charge in [0.2, 0.25) is 11.8 Å². The number of carbonyl (C=O) groups is 2. The third kappa shape index (κ3) is 7.44. The van der Waals surface area contributed by atoms with Gasteiger partial charge in [0.15, 0.2) is 0 Å². The first-order valence-electron chi connectivity index (χ1n) is 12.9. The molecule has 1 unspecified atom stereocenters. The van der Waals surface area contributed by atoms with Crippen LogP contribution in [0.1, 0.15) is 50.3 Å². The maximum Gasteiger partial charge on any atom is 0.264 e. The van der Waals surface area contributed by atoms with E-state index in [1.807, 2.05) is 32.9 Å². The van der Waals surface area contributed by atoms with Gasteiger partial charge in [0.25, 0.3) is 10.0 Å². The lowest BCUT2D eigenvalue weighted by Gasteiger charge is -2.32. The van der Waals surface area contributed by atoms with Crippen molar-refractivity contribution in [2.45, 2.75) is 58.0 Å². The number of amides is 2. The molecule has 0 fully saturated rings. The molecule has 9 heteroatoms. The number of benzene rings is 3. The molecule has 208 valence electrons. The maximum atomic E-state index is 13.9. The van der Waals surface area contributed by atoms with E-state index in [1.165, 1.54) is 41.3 Å². The van der Waals surface area contributed by atoms with Crippen molar-refractivity contribution < 1.29 is 22.4 Å². The monoisotopic (exact) mass is 553 g/mol. The number of aryl methyl sites for hydroxylation is 1. The Balaban J connectivity index is 2.03. The summed E-state index contributed by atoms with van der Waals surface area (Å²) in [6.45, 7) is 9.14. The zero-order valence-corrected chi connectivity index (χ0v) is 23.8. The zero-order valence-electron chi connectivity index (χ0n) is 23.0. The fourth-order valence-electron chi connectivity index (χ4n) is 4.08. The van der Waals surface area contributed by atoms with E-state index in [-0.39, 0.29) is 23.3 Å². The lowest BCUT2D eigenvalue weighted by atomic mass is 10.0. The van der Waals surface area contributed by atoms with E-state index >= 15 is 0 Å². The molecule has 0 aliphatic carbocycles. The van der Waals surface area contributed by atoms with Crippen molar-refractivity contribution in [1.29, 1.82) is 0 Å². The SMILES string of the molecule is CCNC(=O)C(C)N(Cc1ccc(F)cc1)C(=O)CN(c1ccc(C(C)C)cc1)S(=O)(=O)c1ccc(C)cc1. The van der Waals surface area contributed by atoms with Crippen LogP contribution in [0, 0.1) is 12.7 Å². The number of nitrogens with one attached hydrogen (secondary N) is 1.